The van der Waals surface area contributed by atoms with Crippen molar-refractivity contribution in [2.75, 3.05) is 26.7 Å². The molecular weight excluding hydrogens is 244 g/mol. The monoisotopic (exact) mass is 268 g/mol. The molecule has 0 spiro atoms. The van der Waals surface area contributed by atoms with Crippen LogP contribution in [0.3, 0.4) is 0 Å². The number of ether oxygens (including phenoxy) is 1. The summed E-state index contributed by atoms with van der Waals surface area (Å²) in [6.45, 7) is 7.23. The molecule has 1 fully saturated rings. The SMILES string of the molecule is COC1CN(C(CN)c2ccc(C)s2)CCC1C. The number of thiophene rings is 1. The summed E-state index contributed by atoms with van der Waals surface area (Å²) in [6, 6.07) is 4.76. The molecule has 0 aliphatic carbocycles. The van der Waals surface area contributed by atoms with Gasteiger partial charge in [-0.1, -0.05) is 6.92 Å². The van der Waals surface area contributed by atoms with Crippen molar-refractivity contribution in [2.24, 2.45) is 11.7 Å². The van der Waals surface area contributed by atoms with Gasteiger partial charge in [-0.25, -0.2) is 0 Å². The first-order valence-corrected chi connectivity index (χ1v) is 7.50. The van der Waals surface area contributed by atoms with E-state index in [0.29, 0.717) is 24.6 Å². The van der Waals surface area contributed by atoms with Crippen molar-refractivity contribution in [1.29, 1.82) is 0 Å². The van der Waals surface area contributed by atoms with Gasteiger partial charge in [0.25, 0.3) is 0 Å². The number of rotatable bonds is 4. The van der Waals surface area contributed by atoms with Crippen molar-refractivity contribution < 1.29 is 4.74 Å². The van der Waals surface area contributed by atoms with Crippen molar-refractivity contribution in [3.8, 4) is 0 Å². The Morgan fingerprint density at radius 1 is 1.56 bits per heavy atom. The maximum atomic E-state index is 5.99. The molecule has 18 heavy (non-hydrogen) atoms. The summed E-state index contributed by atoms with van der Waals surface area (Å²) in [7, 11) is 1.82. The van der Waals surface area contributed by atoms with E-state index < -0.39 is 0 Å². The number of hydrogen-bond donors (Lipinski definition) is 1. The van der Waals surface area contributed by atoms with E-state index in [4.69, 9.17) is 10.5 Å². The number of likely N-dealkylation sites (tertiary alicyclic amines) is 1. The second-order valence-electron chi connectivity index (χ2n) is 5.23. The minimum Gasteiger partial charge on any atom is -0.380 e. The van der Waals surface area contributed by atoms with Gasteiger partial charge in [-0.05, 0) is 37.9 Å². The van der Waals surface area contributed by atoms with Gasteiger partial charge in [-0.15, -0.1) is 11.3 Å². The molecule has 1 saturated heterocycles. The molecule has 102 valence electrons. The van der Waals surface area contributed by atoms with E-state index in [1.54, 1.807) is 0 Å². The van der Waals surface area contributed by atoms with Crippen LogP contribution in [0.4, 0.5) is 0 Å². The molecular formula is C14H24N2OS. The van der Waals surface area contributed by atoms with Crippen LogP contribution >= 0.6 is 11.3 Å². The smallest absolute Gasteiger partial charge is 0.0724 e. The van der Waals surface area contributed by atoms with Gasteiger partial charge in [0.1, 0.15) is 0 Å². The Morgan fingerprint density at radius 3 is 2.89 bits per heavy atom. The first kappa shape index (κ1) is 14.0. The molecule has 2 rings (SSSR count). The van der Waals surface area contributed by atoms with E-state index in [2.05, 4.69) is 30.9 Å². The van der Waals surface area contributed by atoms with Crippen molar-refractivity contribution in [2.45, 2.75) is 32.4 Å². The summed E-state index contributed by atoms with van der Waals surface area (Å²) >= 11 is 1.86. The highest BCUT2D eigenvalue weighted by molar-refractivity contribution is 7.12. The van der Waals surface area contributed by atoms with Gasteiger partial charge in [0.2, 0.25) is 0 Å². The van der Waals surface area contributed by atoms with Crippen LogP contribution < -0.4 is 5.73 Å². The van der Waals surface area contributed by atoms with Crippen LogP contribution in [-0.4, -0.2) is 37.7 Å². The molecule has 0 bridgehead atoms. The van der Waals surface area contributed by atoms with E-state index in [1.165, 1.54) is 16.2 Å². The number of piperidine rings is 1. The van der Waals surface area contributed by atoms with E-state index in [1.807, 2.05) is 18.4 Å². The Kier molecular flexibility index (Phi) is 4.78. The van der Waals surface area contributed by atoms with Gasteiger partial charge in [0.15, 0.2) is 0 Å². The summed E-state index contributed by atoms with van der Waals surface area (Å²) in [5.41, 5.74) is 5.99. The quantitative estimate of drug-likeness (QED) is 0.911. The number of aryl methyl sites for hydroxylation is 1. The number of nitrogens with zero attached hydrogens (tertiary/aromatic N) is 1. The van der Waals surface area contributed by atoms with Crippen molar-refractivity contribution >= 4 is 11.3 Å². The lowest BCUT2D eigenvalue weighted by Crippen LogP contribution is -2.46. The third kappa shape index (κ3) is 2.94. The maximum Gasteiger partial charge on any atom is 0.0724 e. The molecule has 1 aromatic heterocycles. The van der Waals surface area contributed by atoms with Gasteiger partial charge in [0.05, 0.1) is 12.1 Å². The normalized spacial score (nSPS) is 27.3. The predicted molar refractivity (Wildman–Crippen MR) is 77.0 cm³/mol. The molecule has 3 nitrogen and oxygen atoms in total. The average molecular weight is 268 g/mol. The molecule has 1 aliphatic heterocycles. The maximum absolute atomic E-state index is 5.99. The van der Waals surface area contributed by atoms with Crippen molar-refractivity contribution in [3.05, 3.63) is 21.9 Å². The Morgan fingerprint density at radius 2 is 2.33 bits per heavy atom. The summed E-state index contributed by atoms with van der Waals surface area (Å²) in [5.74, 6) is 0.648. The molecule has 0 amide bonds. The third-order valence-electron chi connectivity index (χ3n) is 3.98. The fourth-order valence-corrected chi connectivity index (χ4v) is 3.75. The van der Waals surface area contributed by atoms with Crippen molar-refractivity contribution in [3.63, 3.8) is 0 Å². The lowest BCUT2D eigenvalue weighted by atomic mass is 9.94. The second kappa shape index (κ2) is 6.15. The van der Waals surface area contributed by atoms with Crippen LogP contribution in [-0.2, 0) is 4.74 Å². The average Bonchev–Trinajstić information content (AvgIpc) is 2.79. The Balaban J connectivity index is 2.09. The van der Waals surface area contributed by atoms with E-state index in [-0.39, 0.29) is 0 Å². The van der Waals surface area contributed by atoms with Crippen LogP contribution in [0.5, 0.6) is 0 Å². The second-order valence-corrected chi connectivity index (χ2v) is 6.55. The minimum atomic E-state index is 0.342. The Labute approximate surface area is 114 Å². The Bertz CT molecular complexity index is 380. The predicted octanol–water partition coefficient (Wildman–Crippen LogP) is 2.41. The fourth-order valence-electron chi connectivity index (χ4n) is 2.73. The summed E-state index contributed by atoms with van der Waals surface area (Å²) in [5, 5.41) is 0. The lowest BCUT2D eigenvalue weighted by molar-refractivity contribution is -0.0178. The van der Waals surface area contributed by atoms with Gasteiger partial charge in [-0.2, -0.15) is 0 Å². The standard InChI is InChI=1S/C14H24N2OS/c1-10-6-7-16(9-13(10)17-3)12(8-15)14-5-4-11(2)18-14/h4-5,10,12-13H,6-9,15H2,1-3H3. The zero-order valence-electron chi connectivity index (χ0n) is 11.6. The minimum absolute atomic E-state index is 0.342. The van der Waals surface area contributed by atoms with E-state index in [0.717, 1.165) is 13.1 Å². The number of nitrogens with two attached hydrogens (primary N) is 1. The Hall–Kier alpha value is -0.420. The van der Waals surface area contributed by atoms with Gasteiger partial charge in [-0.3, -0.25) is 4.90 Å². The zero-order valence-corrected chi connectivity index (χ0v) is 12.4. The largest absolute Gasteiger partial charge is 0.380 e. The van der Waals surface area contributed by atoms with Gasteiger partial charge < -0.3 is 10.5 Å². The molecule has 1 aromatic rings. The first-order valence-electron chi connectivity index (χ1n) is 6.69. The number of methoxy groups -OCH3 is 1. The molecule has 3 unspecified atom stereocenters. The van der Waals surface area contributed by atoms with E-state index in [9.17, 15) is 0 Å². The molecule has 0 saturated carbocycles. The highest BCUT2D eigenvalue weighted by atomic mass is 32.1. The molecule has 2 heterocycles. The summed E-state index contributed by atoms with van der Waals surface area (Å²) in [6.07, 6.45) is 1.54. The highest BCUT2D eigenvalue weighted by Gasteiger charge is 2.30. The molecule has 4 heteroatoms. The lowest BCUT2D eigenvalue weighted by Gasteiger charge is -2.40. The highest BCUT2D eigenvalue weighted by Crippen LogP contribution is 2.31. The molecule has 3 atom stereocenters. The van der Waals surface area contributed by atoms with Crippen LogP contribution in [0.15, 0.2) is 12.1 Å². The third-order valence-corrected chi connectivity index (χ3v) is 5.08. The first-order chi connectivity index (χ1) is 8.65. The van der Waals surface area contributed by atoms with E-state index >= 15 is 0 Å². The van der Waals surface area contributed by atoms with Gasteiger partial charge in [0, 0.05) is 30.0 Å². The summed E-state index contributed by atoms with van der Waals surface area (Å²) < 4.78 is 5.59. The van der Waals surface area contributed by atoms with Crippen LogP contribution in [0.1, 0.15) is 29.1 Å². The molecule has 0 aromatic carbocycles. The molecule has 2 N–H and O–H groups in total. The fraction of sp³-hybridized carbons (Fsp3) is 0.714. The summed E-state index contributed by atoms with van der Waals surface area (Å²) in [4.78, 5) is 5.23. The molecule has 0 radical (unpaired) electrons. The van der Waals surface area contributed by atoms with Gasteiger partial charge >= 0.3 is 0 Å². The van der Waals surface area contributed by atoms with Crippen LogP contribution in [0.2, 0.25) is 0 Å². The molecule has 1 aliphatic rings. The van der Waals surface area contributed by atoms with Crippen molar-refractivity contribution in [1.82, 2.24) is 4.90 Å². The zero-order chi connectivity index (χ0) is 13.1. The topological polar surface area (TPSA) is 38.5 Å². The van der Waals surface area contributed by atoms with Crippen LogP contribution in [0.25, 0.3) is 0 Å². The van der Waals surface area contributed by atoms with Crippen LogP contribution in [0, 0.1) is 12.8 Å². The number of hydrogen-bond acceptors (Lipinski definition) is 4.